The predicted octanol–water partition coefficient (Wildman–Crippen LogP) is -1.79. The van der Waals surface area contributed by atoms with Gasteiger partial charge in [-0.05, 0) is 18.8 Å². The highest BCUT2D eigenvalue weighted by atomic mass is 32.1. The molecule has 0 saturated carbocycles. The molecular weight excluding hydrogens is 414 g/mol. The first-order valence-electron chi connectivity index (χ1n) is 9.82. The average molecular weight is 446 g/mol. The van der Waals surface area contributed by atoms with Gasteiger partial charge in [0.2, 0.25) is 23.6 Å². The maximum Gasteiger partial charge on any atom is 0.326 e. The molecule has 1 saturated heterocycles. The van der Waals surface area contributed by atoms with Gasteiger partial charge in [0.25, 0.3) is 0 Å². The van der Waals surface area contributed by atoms with Crippen molar-refractivity contribution in [1.29, 1.82) is 0 Å². The van der Waals surface area contributed by atoms with E-state index in [0.29, 0.717) is 25.8 Å². The van der Waals surface area contributed by atoms with Gasteiger partial charge in [-0.3, -0.25) is 19.2 Å². The summed E-state index contributed by atoms with van der Waals surface area (Å²) in [6.45, 7) is 3.77. The van der Waals surface area contributed by atoms with E-state index < -0.39 is 60.2 Å². The molecule has 0 bridgehead atoms. The Morgan fingerprint density at radius 3 is 2.37 bits per heavy atom. The summed E-state index contributed by atoms with van der Waals surface area (Å²) in [4.78, 5) is 62.0. The fraction of sp³-hybridized carbons (Fsp3) is 0.722. The van der Waals surface area contributed by atoms with Crippen molar-refractivity contribution in [2.24, 2.45) is 17.4 Å². The van der Waals surface area contributed by atoms with E-state index in [1.165, 1.54) is 4.90 Å². The molecule has 5 unspecified atom stereocenters. The maximum atomic E-state index is 12.8. The molecule has 4 amide bonds. The number of carboxylic acid groups (broad SMARTS) is 1. The van der Waals surface area contributed by atoms with Gasteiger partial charge in [0.1, 0.15) is 18.1 Å². The molecule has 1 aliphatic heterocycles. The van der Waals surface area contributed by atoms with Gasteiger partial charge in [-0.2, -0.15) is 12.6 Å². The molecule has 1 aliphatic rings. The van der Waals surface area contributed by atoms with Gasteiger partial charge >= 0.3 is 5.97 Å². The van der Waals surface area contributed by atoms with Gasteiger partial charge in [-0.1, -0.05) is 20.3 Å². The second kappa shape index (κ2) is 11.7. The number of thiol groups is 1. The molecule has 0 aromatic carbocycles. The monoisotopic (exact) mass is 445 g/mol. The van der Waals surface area contributed by atoms with E-state index >= 15 is 0 Å². The van der Waals surface area contributed by atoms with Crippen LogP contribution in [0.3, 0.4) is 0 Å². The highest BCUT2D eigenvalue weighted by molar-refractivity contribution is 7.80. The maximum absolute atomic E-state index is 12.8. The Labute approximate surface area is 180 Å². The zero-order chi connectivity index (χ0) is 23.0. The van der Waals surface area contributed by atoms with Gasteiger partial charge in [0.15, 0.2) is 0 Å². The number of rotatable bonds is 11. The van der Waals surface area contributed by atoms with E-state index in [2.05, 4.69) is 23.3 Å². The number of primary amides is 1. The Balaban J connectivity index is 2.94. The quantitative estimate of drug-likeness (QED) is 0.203. The van der Waals surface area contributed by atoms with Gasteiger partial charge in [0, 0.05) is 12.3 Å². The standard InChI is InChI=1S/C18H31N5O6S/c1-3-9(2)14(18(28)29)22-15(25)11(7-13(20)24)21-16(26)12-5-4-6-23(12)17(27)10(19)8-30/h9-12,14,30H,3-8,19H2,1-2H3,(H2,20,24)(H,21,26)(H,22,25)(H,28,29). The summed E-state index contributed by atoms with van der Waals surface area (Å²) in [5.74, 6) is -4.23. The Hall–Kier alpha value is -2.34. The molecule has 0 aromatic heterocycles. The third-order valence-electron chi connectivity index (χ3n) is 5.17. The Bertz CT molecular complexity index is 675. The first-order chi connectivity index (χ1) is 14.0. The number of nitrogens with one attached hydrogen (secondary N) is 2. The molecule has 1 rings (SSSR count). The number of likely N-dealkylation sites (tertiary alicyclic amines) is 1. The lowest BCUT2D eigenvalue weighted by atomic mass is 9.98. The van der Waals surface area contributed by atoms with Crippen LogP contribution in [0.1, 0.15) is 39.5 Å². The summed E-state index contributed by atoms with van der Waals surface area (Å²) in [7, 11) is 0. The van der Waals surface area contributed by atoms with Gasteiger partial charge in [-0.25, -0.2) is 4.79 Å². The van der Waals surface area contributed by atoms with Crippen LogP contribution < -0.4 is 22.1 Å². The Morgan fingerprint density at radius 2 is 1.87 bits per heavy atom. The molecule has 0 radical (unpaired) electrons. The molecule has 1 heterocycles. The normalized spacial score (nSPS) is 20.0. The van der Waals surface area contributed by atoms with E-state index in [0.717, 1.165) is 0 Å². The molecule has 0 aromatic rings. The van der Waals surface area contributed by atoms with E-state index in [9.17, 15) is 29.1 Å². The summed E-state index contributed by atoms with van der Waals surface area (Å²) in [6, 6.07) is -4.26. The molecule has 11 nitrogen and oxygen atoms in total. The van der Waals surface area contributed by atoms with Crippen LogP contribution in [0.5, 0.6) is 0 Å². The molecule has 0 spiro atoms. The number of carbonyl (C=O) groups is 5. The molecule has 170 valence electrons. The summed E-state index contributed by atoms with van der Waals surface area (Å²) in [5, 5.41) is 14.1. The molecule has 30 heavy (non-hydrogen) atoms. The van der Waals surface area contributed by atoms with Crippen molar-refractivity contribution in [3.05, 3.63) is 0 Å². The molecule has 1 fully saturated rings. The second-order valence-electron chi connectivity index (χ2n) is 7.42. The number of carbonyl (C=O) groups excluding carboxylic acids is 4. The third kappa shape index (κ3) is 6.87. The van der Waals surface area contributed by atoms with Crippen LogP contribution in [-0.2, 0) is 24.0 Å². The minimum Gasteiger partial charge on any atom is -0.480 e. The summed E-state index contributed by atoms with van der Waals surface area (Å²) >= 11 is 4.00. The highest BCUT2D eigenvalue weighted by Gasteiger charge is 2.38. The van der Waals surface area contributed by atoms with Crippen molar-refractivity contribution in [3.8, 4) is 0 Å². The number of hydrogen-bond donors (Lipinski definition) is 6. The minimum absolute atomic E-state index is 0.114. The molecule has 7 N–H and O–H groups in total. The number of nitrogens with zero attached hydrogens (tertiary/aromatic N) is 1. The van der Waals surface area contributed by atoms with Crippen LogP contribution in [-0.4, -0.2) is 76.1 Å². The second-order valence-corrected chi connectivity index (χ2v) is 7.79. The Kier molecular flexibility index (Phi) is 10.1. The van der Waals surface area contributed by atoms with Crippen molar-refractivity contribution < 1.29 is 29.1 Å². The van der Waals surface area contributed by atoms with Crippen LogP contribution in [0, 0.1) is 5.92 Å². The lowest BCUT2D eigenvalue weighted by molar-refractivity contribution is -0.144. The van der Waals surface area contributed by atoms with E-state index in [1.54, 1.807) is 13.8 Å². The minimum atomic E-state index is -1.36. The highest BCUT2D eigenvalue weighted by Crippen LogP contribution is 2.19. The van der Waals surface area contributed by atoms with Crippen LogP contribution in [0.25, 0.3) is 0 Å². The van der Waals surface area contributed by atoms with Crippen molar-refractivity contribution in [3.63, 3.8) is 0 Å². The lowest BCUT2D eigenvalue weighted by Crippen LogP contribution is -2.58. The summed E-state index contributed by atoms with van der Waals surface area (Å²) in [5.41, 5.74) is 10.9. The van der Waals surface area contributed by atoms with Crippen molar-refractivity contribution in [1.82, 2.24) is 15.5 Å². The van der Waals surface area contributed by atoms with Crippen LogP contribution in [0.15, 0.2) is 0 Å². The van der Waals surface area contributed by atoms with Gasteiger partial charge in [0.05, 0.1) is 12.5 Å². The predicted molar refractivity (Wildman–Crippen MR) is 111 cm³/mol. The average Bonchev–Trinajstić information content (AvgIpc) is 3.18. The SMILES string of the molecule is CCC(C)C(NC(=O)C(CC(N)=O)NC(=O)C1CCCN1C(=O)C(N)CS)C(=O)O. The van der Waals surface area contributed by atoms with Crippen LogP contribution >= 0.6 is 12.6 Å². The topological polar surface area (TPSA) is 185 Å². The number of aliphatic carboxylic acids is 1. The molecule has 12 heteroatoms. The largest absolute Gasteiger partial charge is 0.480 e. The Morgan fingerprint density at radius 1 is 1.23 bits per heavy atom. The van der Waals surface area contributed by atoms with E-state index in [4.69, 9.17) is 11.5 Å². The number of amides is 4. The smallest absolute Gasteiger partial charge is 0.326 e. The van der Waals surface area contributed by atoms with E-state index in [1.807, 2.05) is 0 Å². The fourth-order valence-electron chi connectivity index (χ4n) is 3.21. The van der Waals surface area contributed by atoms with Crippen molar-refractivity contribution in [2.75, 3.05) is 12.3 Å². The summed E-state index contributed by atoms with van der Waals surface area (Å²) in [6.07, 6.45) is 0.924. The number of nitrogens with two attached hydrogens (primary N) is 2. The summed E-state index contributed by atoms with van der Waals surface area (Å²) < 4.78 is 0. The van der Waals surface area contributed by atoms with E-state index in [-0.39, 0.29) is 11.7 Å². The van der Waals surface area contributed by atoms with Crippen molar-refractivity contribution >= 4 is 42.2 Å². The van der Waals surface area contributed by atoms with Crippen LogP contribution in [0.2, 0.25) is 0 Å². The van der Waals surface area contributed by atoms with Crippen LogP contribution in [0.4, 0.5) is 0 Å². The zero-order valence-corrected chi connectivity index (χ0v) is 18.1. The van der Waals surface area contributed by atoms with Gasteiger partial charge in [-0.15, -0.1) is 0 Å². The zero-order valence-electron chi connectivity index (χ0n) is 17.2. The third-order valence-corrected chi connectivity index (χ3v) is 5.56. The lowest BCUT2D eigenvalue weighted by Gasteiger charge is -2.28. The first kappa shape index (κ1) is 25.7. The first-order valence-corrected chi connectivity index (χ1v) is 10.4. The number of carboxylic acids is 1. The van der Waals surface area contributed by atoms with Gasteiger partial charge < -0.3 is 32.1 Å². The molecule has 5 atom stereocenters. The number of hydrogen-bond acceptors (Lipinski definition) is 7. The van der Waals surface area contributed by atoms with Crippen molar-refractivity contribution in [2.45, 2.75) is 63.7 Å². The molecular formula is C18H31N5O6S. The fourth-order valence-corrected chi connectivity index (χ4v) is 3.37. The molecule has 0 aliphatic carbocycles.